The zero-order valence-corrected chi connectivity index (χ0v) is 7.22. The van der Waals surface area contributed by atoms with Crippen molar-refractivity contribution in [1.82, 2.24) is 5.32 Å². The first-order chi connectivity index (χ1) is 3.50. The van der Waals surface area contributed by atoms with E-state index in [4.69, 9.17) is 0 Å². The number of hydrogen-bond donors (Lipinski definition) is 1. The van der Waals surface area contributed by atoms with E-state index < -0.39 is 0 Å². The van der Waals surface area contributed by atoms with Crippen LogP contribution in [-0.4, -0.2) is 6.54 Å². The Kier molecular flexibility index (Phi) is 5.59. The molecule has 48 valence electrons. The smallest absolute Gasteiger partial charge is 0.0141 e. The maximum atomic E-state index is 3.17. The monoisotopic (exact) mass is 225 g/mol. The molecule has 0 saturated carbocycles. The van der Waals surface area contributed by atoms with Crippen LogP contribution < -0.4 is 5.32 Å². The number of nitrogens with one attached hydrogen (secondary N) is 1. The van der Waals surface area contributed by atoms with Crippen molar-refractivity contribution in [1.29, 1.82) is 0 Å². The van der Waals surface area contributed by atoms with Crippen LogP contribution in [0.1, 0.15) is 19.3 Å². The first kappa shape index (κ1) is 8.27. The summed E-state index contributed by atoms with van der Waals surface area (Å²) in [5, 5.41) is 3.17. The van der Waals surface area contributed by atoms with Gasteiger partial charge < -0.3 is 5.32 Å². The van der Waals surface area contributed by atoms with Gasteiger partial charge in [-0.05, 0) is 25.5 Å². The minimum atomic E-state index is 0. The van der Waals surface area contributed by atoms with Gasteiger partial charge in [0, 0.05) is 6.54 Å². The van der Waals surface area contributed by atoms with Gasteiger partial charge in [0.2, 0.25) is 0 Å². The molecule has 1 nitrogen and oxygen atoms in total. The molecule has 8 heavy (non-hydrogen) atoms. The zero-order valence-electron chi connectivity index (χ0n) is 4.89. The summed E-state index contributed by atoms with van der Waals surface area (Å²) in [6.45, 7) is 1.16. The van der Waals surface area contributed by atoms with Crippen molar-refractivity contribution in [3.8, 4) is 0 Å². The Hall–Kier alpha value is 0.270. The fraction of sp³-hybridized carbons (Fsp3) is 0.667. The highest BCUT2D eigenvalue weighted by Gasteiger charge is 1.86. The van der Waals surface area contributed by atoms with E-state index in [9.17, 15) is 0 Å². The van der Waals surface area contributed by atoms with Crippen LogP contribution >= 0.6 is 24.0 Å². The van der Waals surface area contributed by atoms with Gasteiger partial charge in [-0.2, -0.15) is 0 Å². The summed E-state index contributed by atoms with van der Waals surface area (Å²) in [5.41, 5.74) is 0. The van der Waals surface area contributed by atoms with Gasteiger partial charge in [-0.15, -0.1) is 24.0 Å². The van der Waals surface area contributed by atoms with Crippen molar-refractivity contribution in [3.05, 3.63) is 12.3 Å². The molecule has 1 rings (SSSR count). The molecule has 1 aliphatic rings. The van der Waals surface area contributed by atoms with Crippen molar-refractivity contribution < 1.29 is 0 Å². The van der Waals surface area contributed by atoms with Crippen molar-refractivity contribution >= 4 is 24.0 Å². The van der Waals surface area contributed by atoms with E-state index in [1.54, 1.807) is 0 Å². The van der Waals surface area contributed by atoms with Crippen LogP contribution in [-0.2, 0) is 0 Å². The molecule has 0 unspecified atom stereocenters. The van der Waals surface area contributed by atoms with Gasteiger partial charge in [0.25, 0.3) is 0 Å². The Morgan fingerprint density at radius 2 is 2.12 bits per heavy atom. The molecule has 0 aromatic heterocycles. The van der Waals surface area contributed by atoms with Gasteiger partial charge in [0.15, 0.2) is 0 Å². The molecule has 0 bridgehead atoms. The van der Waals surface area contributed by atoms with Crippen LogP contribution in [0.2, 0.25) is 0 Å². The van der Waals surface area contributed by atoms with Crippen molar-refractivity contribution in [2.24, 2.45) is 0 Å². The Labute approximate surface area is 67.6 Å². The van der Waals surface area contributed by atoms with E-state index in [0.717, 1.165) is 6.54 Å². The van der Waals surface area contributed by atoms with Crippen LogP contribution in [0.4, 0.5) is 0 Å². The lowest BCUT2D eigenvalue weighted by Crippen LogP contribution is -2.03. The fourth-order valence-corrected chi connectivity index (χ4v) is 0.739. The highest BCUT2D eigenvalue weighted by molar-refractivity contribution is 14.0. The quantitative estimate of drug-likeness (QED) is 0.621. The summed E-state index contributed by atoms with van der Waals surface area (Å²) < 4.78 is 0. The first-order valence-electron chi connectivity index (χ1n) is 2.88. The Morgan fingerprint density at radius 1 is 1.25 bits per heavy atom. The van der Waals surface area contributed by atoms with Gasteiger partial charge in [0.05, 0.1) is 0 Å². The molecule has 0 spiro atoms. The standard InChI is InChI=1S/C6H11N.HI/c1-2-4-6-7-5-3-1;/h3,5,7H,1-2,4,6H2;1H. The SMILES string of the molecule is C1=CNCCCC1.I. The fourth-order valence-electron chi connectivity index (χ4n) is 0.739. The third kappa shape index (κ3) is 3.29. The number of allylic oxidation sites excluding steroid dienone is 1. The van der Waals surface area contributed by atoms with E-state index in [0.29, 0.717) is 0 Å². The van der Waals surface area contributed by atoms with E-state index in [2.05, 4.69) is 11.4 Å². The molecule has 1 heterocycles. The molecule has 2 heteroatoms. The van der Waals surface area contributed by atoms with E-state index >= 15 is 0 Å². The highest BCUT2D eigenvalue weighted by Crippen LogP contribution is 1.97. The van der Waals surface area contributed by atoms with E-state index in [-0.39, 0.29) is 24.0 Å². The third-order valence-electron chi connectivity index (χ3n) is 1.18. The third-order valence-corrected chi connectivity index (χ3v) is 1.18. The van der Waals surface area contributed by atoms with Gasteiger partial charge in [0.1, 0.15) is 0 Å². The minimum Gasteiger partial charge on any atom is -0.391 e. The summed E-state index contributed by atoms with van der Waals surface area (Å²) in [5.74, 6) is 0. The normalized spacial score (nSPS) is 18.0. The van der Waals surface area contributed by atoms with Crippen molar-refractivity contribution in [3.63, 3.8) is 0 Å². The zero-order chi connectivity index (χ0) is 4.95. The summed E-state index contributed by atoms with van der Waals surface area (Å²) in [4.78, 5) is 0. The van der Waals surface area contributed by atoms with Crippen LogP contribution in [0.3, 0.4) is 0 Å². The molecule has 1 N–H and O–H groups in total. The second-order valence-corrected chi connectivity index (χ2v) is 1.85. The molecule has 0 aromatic carbocycles. The molecular weight excluding hydrogens is 213 g/mol. The van der Waals surface area contributed by atoms with Crippen molar-refractivity contribution in [2.45, 2.75) is 19.3 Å². The maximum Gasteiger partial charge on any atom is 0.0141 e. The van der Waals surface area contributed by atoms with Crippen LogP contribution in [0.15, 0.2) is 12.3 Å². The predicted octanol–water partition coefficient (Wildman–Crippen LogP) is 1.89. The average molecular weight is 225 g/mol. The summed E-state index contributed by atoms with van der Waals surface area (Å²) in [6, 6.07) is 0. The topological polar surface area (TPSA) is 12.0 Å². The highest BCUT2D eigenvalue weighted by atomic mass is 127. The van der Waals surface area contributed by atoms with Crippen LogP contribution in [0.25, 0.3) is 0 Å². The van der Waals surface area contributed by atoms with E-state index in [1.807, 2.05) is 6.20 Å². The van der Waals surface area contributed by atoms with Crippen LogP contribution in [0.5, 0.6) is 0 Å². The van der Waals surface area contributed by atoms with Gasteiger partial charge in [-0.1, -0.05) is 6.08 Å². The van der Waals surface area contributed by atoms with Crippen LogP contribution in [0, 0.1) is 0 Å². The van der Waals surface area contributed by atoms with E-state index in [1.165, 1.54) is 19.3 Å². The largest absolute Gasteiger partial charge is 0.391 e. The Morgan fingerprint density at radius 3 is 3.00 bits per heavy atom. The Balaban J connectivity index is 0.000000490. The molecule has 0 aromatic rings. The van der Waals surface area contributed by atoms with Crippen molar-refractivity contribution in [2.75, 3.05) is 6.54 Å². The molecule has 0 amide bonds. The molecule has 0 aliphatic carbocycles. The molecule has 1 aliphatic heterocycles. The lowest BCUT2D eigenvalue weighted by molar-refractivity contribution is 0.730. The minimum absolute atomic E-state index is 0. The molecular formula is C6H12IN. The van der Waals surface area contributed by atoms with Gasteiger partial charge in [-0.3, -0.25) is 0 Å². The number of hydrogen-bond acceptors (Lipinski definition) is 1. The molecule has 0 atom stereocenters. The maximum absolute atomic E-state index is 3.17. The van der Waals surface area contributed by atoms with Gasteiger partial charge >= 0.3 is 0 Å². The summed E-state index contributed by atoms with van der Waals surface area (Å²) in [7, 11) is 0. The number of rotatable bonds is 0. The number of halogens is 1. The second kappa shape index (κ2) is 5.41. The lowest BCUT2D eigenvalue weighted by atomic mass is 10.2. The average Bonchev–Trinajstić information content (AvgIpc) is 1.90. The molecule has 0 saturated heterocycles. The predicted molar refractivity (Wildman–Crippen MR) is 46.4 cm³/mol. The molecule has 0 fully saturated rings. The lowest BCUT2D eigenvalue weighted by Gasteiger charge is -1.90. The molecule has 0 radical (unpaired) electrons. The Bertz CT molecular complexity index is 62.9. The first-order valence-corrected chi connectivity index (χ1v) is 2.88. The second-order valence-electron chi connectivity index (χ2n) is 1.85. The summed E-state index contributed by atoms with van der Waals surface area (Å²) >= 11 is 0. The summed E-state index contributed by atoms with van der Waals surface area (Å²) in [6.07, 6.45) is 8.17. The van der Waals surface area contributed by atoms with Gasteiger partial charge in [-0.25, -0.2) is 0 Å².